The first-order valence-electron chi connectivity index (χ1n) is 13.5. The van der Waals surface area contributed by atoms with Gasteiger partial charge in [0.05, 0.1) is 13.2 Å². The normalized spacial score (nSPS) is 11.2. The molecular weight excluding hydrogens is 420 g/mol. The Morgan fingerprint density at radius 3 is 1.61 bits per heavy atom. The molecule has 0 bridgehead atoms. The van der Waals surface area contributed by atoms with Crippen LogP contribution in [0.2, 0.25) is 0 Å². The molecule has 0 unspecified atom stereocenters. The Kier molecular flexibility index (Phi) is 24.5. The summed E-state index contributed by atoms with van der Waals surface area (Å²) in [5.74, 6) is -0.573. The molecule has 0 aliphatic heterocycles. The molecule has 7 nitrogen and oxygen atoms in total. The second-order valence-corrected chi connectivity index (χ2v) is 8.99. The van der Waals surface area contributed by atoms with E-state index in [9.17, 15) is 9.59 Å². The van der Waals surface area contributed by atoms with Gasteiger partial charge >= 0.3 is 5.97 Å². The fourth-order valence-electron chi connectivity index (χ4n) is 3.87. The minimum atomic E-state index is -0.465. The summed E-state index contributed by atoms with van der Waals surface area (Å²) in [6, 6.07) is 0. The number of aliphatic hydroxyl groups excluding tert-OH is 2. The number of rotatable bonds is 25. The number of carbonyl (C=O) groups is 2. The number of ether oxygens (including phenoxy) is 1. The molecule has 0 aromatic carbocycles. The van der Waals surface area contributed by atoms with Crippen LogP contribution in [0.25, 0.3) is 0 Å². The Hall–Kier alpha value is -1.18. The summed E-state index contributed by atoms with van der Waals surface area (Å²) in [7, 11) is 0. The van der Waals surface area contributed by atoms with Gasteiger partial charge in [-0.1, -0.05) is 96.8 Å². The van der Waals surface area contributed by atoms with E-state index in [2.05, 4.69) is 12.2 Å². The van der Waals surface area contributed by atoms with Crippen molar-refractivity contribution in [2.45, 2.75) is 110 Å². The van der Waals surface area contributed by atoms with Crippen LogP contribution in [0, 0.1) is 0 Å². The zero-order valence-electron chi connectivity index (χ0n) is 21.3. The highest BCUT2D eigenvalue weighted by Crippen LogP contribution is 2.13. The van der Waals surface area contributed by atoms with Gasteiger partial charge in [-0.3, -0.25) is 14.5 Å². The average molecular weight is 473 g/mol. The Morgan fingerprint density at radius 2 is 1.15 bits per heavy atom. The van der Waals surface area contributed by atoms with Crippen molar-refractivity contribution in [3.05, 3.63) is 0 Å². The maximum absolute atomic E-state index is 11.9. The molecule has 0 aliphatic carbocycles. The number of hydrogen-bond acceptors (Lipinski definition) is 6. The van der Waals surface area contributed by atoms with Crippen LogP contribution in [0.4, 0.5) is 0 Å². The topological polar surface area (TPSA) is 99.1 Å². The van der Waals surface area contributed by atoms with E-state index in [1.54, 1.807) is 0 Å². The van der Waals surface area contributed by atoms with Gasteiger partial charge in [0.1, 0.15) is 13.2 Å². The van der Waals surface area contributed by atoms with Crippen LogP contribution >= 0.6 is 0 Å². The molecule has 3 N–H and O–H groups in total. The van der Waals surface area contributed by atoms with Crippen LogP contribution in [0.3, 0.4) is 0 Å². The third kappa shape index (κ3) is 23.8. The predicted octanol–water partition coefficient (Wildman–Crippen LogP) is 4.19. The average Bonchev–Trinajstić information content (AvgIpc) is 2.80. The summed E-state index contributed by atoms with van der Waals surface area (Å²) in [5, 5.41) is 20.5. The van der Waals surface area contributed by atoms with E-state index in [4.69, 9.17) is 14.9 Å². The molecule has 0 aliphatic rings. The second kappa shape index (κ2) is 25.4. The van der Waals surface area contributed by atoms with Crippen molar-refractivity contribution >= 4 is 11.9 Å². The van der Waals surface area contributed by atoms with Crippen molar-refractivity contribution < 1.29 is 24.5 Å². The Balaban J connectivity index is 3.41. The fraction of sp³-hybridized carbons (Fsp3) is 0.923. The van der Waals surface area contributed by atoms with Crippen molar-refractivity contribution in [1.82, 2.24) is 10.2 Å². The van der Waals surface area contributed by atoms with Crippen molar-refractivity contribution in [3.8, 4) is 0 Å². The molecule has 0 aromatic rings. The second-order valence-electron chi connectivity index (χ2n) is 8.99. The van der Waals surface area contributed by atoms with Gasteiger partial charge in [-0.25, -0.2) is 0 Å². The van der Waals surface area contributed by atoms with Gasteiger partial charge in [-0.15, -0.1) is 0 Å². The summed E-state index contributed by atoms with van der Waals surface area (Å²) in [6.45, 7) is 3.60. The number of esters is 1. The number of nitrogens with zero attached hydrogens (tertiary/aromatic N) is 1. The van der Waals surface area contributed by atoms with Crippen LogP contribution in [0.15, 0.2) is 0 Å². The first-order chi connectivity index (χ1) is 16.1. The molecule has 0 aromatic heterocycles. The summed E-state index contributed by atoms with van der Waals surface area (Å²) < 4.78 is 5.09. The van der Waals surface area contributed by atoms with E-state index in [1.165, 1.54) is 83.5 Å². The Bertz CT molecular complexity index is 442. The standard InChI is InChI=1S/C26H52N2O5/c1-2-3-4-5-6-7-8-9-10-11-12-13-14-15-16-17-25(31)27-24-26(32)33-23-20-28(18-21-29)19-22-30/h29-30H,2-24H2,1H3,(H,27,31). The lowest BCUT2D eigenvalue weighted by molar-refractivity contribution is -0.144. The Morgan fingerprint density at radius 1 is 0.697 bits per heavy atom. The third-order valence-corrected chi connectivity index (χ3v) is 5.94. The lowest BCUT2D eigenvalue weighted by Crippen LogP contribution is -2.35. The summed E-state index contributed by atoms with van der Waals surface area (Å²) in [5.41, 5.74) is 0. The molecule has 0 fully saturated rings. The van der Waals surface area contributed by atoms with Crippen molar-refractivity contribution in [2.24, 2.45) is 0 Å². The number of amides is 1. The van der Waals surface area contributed by atoms with Crippen LogP contribution in [0.5, 0.6) is 0 Å². The minimum Gasteiger partial charge on any atom is -0.463 e. The maximum atomic E-state index is 11.9. The quantitative estimate of drug-likeness (QED) is 0.136. The zero-order chi connectivity index (χ0) is 24.4. The van der Waals surface area contributed by atoms with E-state index >= 15 is 0 Å². The highest BCUT2D eigenvalue weighted by Gasteiger charge is 2.08. The molecule has 0 heterocycles. The van der Waals surface area contributed by atoms with Crippen LogP contribution in [-0.4, -0.2) is 73.0 Å². The molecule has 0 radical (unpaired) electrons. The highest BCUT2D eigenvalue weighted by atomic mass is 16.5. The number of unbranched alkanes of at least 4 members (excludes halogenated alkanes) is 14. The smallest absolute Gasteiger partial charge is 0.325 e. The lowest BCUT2D eigenvalue weighted by atomic mass is 10.0. The molecule has 1 amide bonds. The van der Waals surface area contributed by atoms with E-state index in [0.29, 0.717) is 26.1 Å². The minimum absolute atomic E-state index is 0.0106. The molecular formula is C26H52N2O5. The van der Waals surface area contributed by atoms with Gasteiger partial charge in [0.25, 0.3) is 0 Å². The lowest BCUT2D eigenvalue weighted by Gasteiger charge is -2.19. The van der Waals surface area contributed by atoms with Gasteiger partial charge in [-0.2, -0.15) is 0 Å². The van der Waals surface area contributed by atoms with Gasteiger partial charge in [0.15, 0.2) is 0 Å². The number of carbonyl (C=O) groups excluding carboxylic acids is 2. The summed E-state index contributed by atoms with van der Waals surface area (Å²) >= 11 is 0. The van der Waals surface area contributed by atoms with E-state index < -0.39 is 5.97 Å². The summed E-state index contributed by atoms with van der Waals surface area (Å²) in [4.78, 5) is 25.4. The molecule has 0 saturated carbocycles. The van der Waals surface area contributed by atoms with Gasteiger partial charge in [-0.05, 0) is 6.42 Å². The van der Waals surface area contributed by atoms with Crippen molar-refractivity contribution in [2.75, 3.05) is 46.0 Å². The molecule has 0 rings (SSSR count). The monoisotopic (exact) mass is 472 g/mol. The van der Waals surface area contributed by atoms with Gasteiger partial charge < -0.3 is 20.3 Å². The molecule has 33 heavy (non-hydrogen) atoms. The Labute approximate surface area is 202 Å². The highest BCUT2D eigenvalue weighted by molar-refractivity contribution is 5.81. The van der Waals surface area contributed by atoms with Crippen molar-refractivity contribution in [3.63, 3.8) is 0 Å². The predicted molar refractivity (Wildman–Crippen MR) is 134 cm³/mol. The molecule has 0 atom stereocenters. The van der Waals surface area contributed by atoms with E-state index in [-0.39, 0.29) is 32.3 Å². The van der Waals surface area contributed by atoms with Crippen LogP contribution < -0.4 is 5.32 Å². The summed E-state index contributed by atoms with van der Waals surface area (Å²) in [6.07, 6.45) is 19.9. The van der Waals surface area contributed by atoms with Gasteiger partial charge in [0, 0.05) is 26.1 Å². The molecule has 7 heteroatoms. The van der Waals surface area contributed by atoms with Crippen LogP contribution in [0.1, 0.15) is 110 Å². The number of hydrogen-bond donors (Lipinski definition) is 3. The maximum Gasteiger partial charge on any atom is 0.325 e. The largest absolute Gasteiger partial charge is 0.463 e. The van der Waals surface area contributed by atoms with Gasteiger partial charge in [0.2, 0.25) is 5.91 Å². The molecule has 0 saturated heterocycles. The SMILES string of the molecule is CCCCCCCCCCCCCCCCCC(=O)NCC(=O)OCCN(CCO)CCO. The first-order valence-corrected chi connectivity index (χ1v) is 13.5. The number of nitrogens with one attached hydrogen (secondary N) is 1. The third-order valence-electron chi connectivity index (χ3n) is 5.94. The van der Waals surface area contributed by atoms with E-state index in [1.807, 2.05) is 4.90 Å². The van der Waals surface area contributed by atoms with Crippen molar-refractivity contribution in [1.29, 1.82) is 0 Å². The van der Waals surface area contributed by atoms with Crippen LogP contribution in [-0.2, 0) is 14.3 Å². The molecule has 0 spiro atoms. The number of aliphatic hydroxyl groups is 2. The first kappa shape index (κ1) is 31.8. The fourth-order valence-corrected chi connectivity index (χ4v) is 3.87. The molecule has 196 valence electrons. The zero-order valence-corrected chi connectivity index (χ0v) is 21.3. The van der Waals surface area contributed by atoms with E-state index in [0.717, 1.165) is 12.8 Å².